The molecule has 0 bridgehead atoms. The zero-order chi connectivity index (χ0) is 101. The van der Waals surface area contributed by atoms with Gasteiger partial charge in [-0.15, -0.1) is 0 Å². The predicted molar refractivity (Wildman–Crippen MR) is 520 cm³/mol. The second-order valence-corrected chi connectivity index (χ2v) is 48.3. The highest BCUT2D eigenvalue weighted by Gasteiger charge is 2.47. The fraction of sp³-hybridized carbons (Fsp3) is 0.598. The first-order valence-corrected chi connectivity index (χ1v) is 54.6. The summed E-state index contributed by atoms with van der Waals surface area (Å²) in [6, 6.07) is 15.3. The van der Waals surface area contributed by atoms with Crippen molar-refractivity contribution in [2.24, 2.45) is 40.5 Å². The lowest BCUT2D eigenvalue weighted by Gasteiger charge is -2.42. The number of nitrogens with one attached hydrogen (secondary N) is 1. The molecule has 5 aromatic rings. The molecule has 5 aromatic carbocycles. The van der Waals surface area contributed by atoms with E-state index >= 15 is 0 Å². The SMILES string of the molecule is CC(C)C(=O)N1CCC2=C(C1)CN([C@H]1CO[C@H](c3cc(F)ccc3F)[C@@H](N)C1)C2.CC(C)CS(=O)(=O)N1CCC2=C(CN([C@H]3CO[C@H](c4cc(F)ccc4F)[C@@H](N)C3)C2)C1.CC(C)S(=O)(=O)N1CCC2=C(CN([C@H]3CO[C@H](c4cc(F)ccc4F)[C@@H](N)C3)C2)C1.CS(=O)(=O)N1CCC2=C(CN([C@H]3CO[C@H](c4cc(F)ccc4F)[C@@H](N)C3)C2)C1.N[C@H]1C[C@@H](N2CCC3=C(CNC3)C2)CO[C@@H]1c1cc(F)ccc1F. The van der Waals surface area contributed by atoms with Gasteiger partial charge < -0.3 is 62.6 Å². The number of hydrogen-bond donors (Lipinski definition) is 6. The fourth-order valence-corrected chi connectivity index (χ4v) is 26.7. The summed E-state index contributed by atoms with van der Waals surface area (Å²) in [5.74, 6) is -4.49. The topological polar surface area (TPSA) is 337 Å². The number of carbonyl (C=O) groups is 1. The van der Waals surface area contributed by atoms with Crippen LogP contribution in [0.3, 0.4) is 0 Å². The smallest absolute Gasteiger partial charge is 0.225 e. The highest BCUT2D eigenvalue weighted by Crippen LogP contribution is 2.43. The number of carbonyl (C=O) groups excluding carboxylic acids is 1. The minimum atomic E-state index is -3.27. The van der Waals surface area contributed by atoms with Crippen LogP contribution in [0.2, 0.25) is 0 Å². The molecule has 15 atom stereocenters. The normalized spacial score (nSPS) is 29.3. The first-order valence-electron chi connectivity index (χ1n) is 49.7. The van der Waals surface area contributed by atoms with Gasteiger partial charge >= 0.3 is 0 Å². The van der Waals surface area contributed by atoms with Crippen LogP contribution >= 0.6 is 0 Å². The quantitative estimate of drug-likeness (QED) is 0.0372. The van der Waals surface area contributed by atoms with Crippen molar-refractivity contribution in [3.63, 3.8) is 0 Å². The second-order valence-electron chi connectivity index (χ2n) is 41.8. The monoisotopic (exact) mass is 2050 g/mol. The van der Waals surface area contributed by atoms with Crippen LogP contribution in [-0.4, -0.2) is 315 Å². The van der Waals surface area contributed by atoms with Gasteiger partial charge in [-0.1, -0.05) is 55.6 Å². The van der Waals surface area contributed by atoms with E-state index in [4.69, 9.17) is 52.4 Å². The molecule has 20 rings (SSSR count). The van der Waals surface area contributed by atoms with Gasteiger partial charge in [0.15, 0.2) is 0 Å². The van der Waals surface area contributed by atoms with Crippen LogP contribution < -0.4 is 34.0 Å². The van der Waals surface area contributed by atoms with E-state index in [1.807, 2.05) is 32.6 Å². The minimum absolute atomic E-state index is 0.0135. The maximum atomic E-state index is 14.2. The van der Waals surface area contributed by atoms with E-state index < -0.39 is 148 Å². The molecule has 27 nitrogen and oxygen atoms in total. The number of halogens is 10. The standard InChI is InChI=1S/C22H31F2N3O3S.C22H29F2N3O2.C21H29F2N3O3S.C19H25F2N3O3S.C18H23F2N3O/c1-14(2)13-31(28,29)27-6-5-15-9-26(10-16(15)11-27)18-8-21(25)22(30-12-18)19-7-17(23)3-4-20(19)24;1-13(2)22(28)26-6-5-14-9-27(11-15(14)10-26)17-8-20(25)21(29-12-17)18-7-16(23)3-4-19(18)24;1-13(2)30(27,28)26-6-5-14-9-25(10-15(14)11-26)17-8-20(24)21(29-12-17)18-7-16(22)3-4-19(18)23;1-28(25,26)24-5-4-12-8-23(9-13(12)10-24)15-7-18(22)19(27-11-15)16-6-14(20)2-3-17(16)21;19-13-1-2-16(20)15(5-13)18-17(21)6-14(10-24-18)23-4-3-11-7-22-8-12(11)9-23/h3-4,7,14,18,21-22H,5-6,8-13,25H2,1-2H3;3-4,7,13,17,20-21H,5-6,8-12,25H2,1-2H3;3-4,7,13,17,20-21H,5-6,8-12,24H2,1-2H3;2-3,6,15,18-19H,4-5,7-11,22H2,1H3;1-2,5,14,17-18,22H,3-4,6-10,21H2/t18-,21+,22-;2*17-,20+,21-;15-,18+,19-;14-,17+,18-/m11111/s1. The Morgan fingerprint density at radius 3 is 0.937 bits per heavy atom. The van der Waals surface area contributed by atoms with Crippen molar-refractivity contribution in [1.82, 2.24) is 47.6 Å². The lowest BCUT2D eigenvalue weighted by molar-refractivity contribution is -0.134. The molecule has 0 aromatic heterocycles. The highest BCUT2D eigenvalue weighted by atomic mass is 32.2. The van der Waals surface area contributed by atoms with E-state index in [2.05, 4.69) is 29.8 Å². The van der Waals surface area contributed by atoms with E-state index in [0.717, 1.165) is 194 Å². The van der Waals surface area contributed by atoms with E-state index in [9.17, 15) is 74.0 Å². The Hall–Kier alpha value is -7.34. The Bertz CT molecular complexity index is 5950. The van der Waals surface area contributed by atoms with E-state index in [1.54, 1.807) is 28.0 Å². The summed E-state index contributed by atoms with van der Waals surface area (Å²) in [4.78, 5) is 25.9. The molecule has 1 amide bonds. The summed E-state index contributed by atoms with van der Waals surface area (Å²) in [7, 11) is -9.70. The molecule has 5 saturated heterocycles. The summed E-state index contributed by atoms with van der Waals surface area (Å²) >= 11 is 0. The van der Waals surface area contributed by atoms with Gasteiger partial charge in [0.05, 0.1) is 50.3 Å². The van der Waals surface area contributed by atoms with Crippen molar-refractivity contribution in [3.8, 4) is 0 Å². The molecule has 0 radical (unpaired) electrons. The maximum absolute atomic E-state index is 14.2. The summed E-state index contributed by atoms with van der Waals surface area (Å²) in [5.41, 5.74) is 45.6. The summed E-state index contributed by atoms with van der Waals surface area (Å²) in [6.45, 7) is 27.7. The van der Waals surface area contributed by atoms with E-state index in [0.29, 0.717) is 124 Å². The number of sulfonamides is 3. The molecular formula is C102H137F10N15O12S3. The first kappa shape index (κ1) is 107. The highest BCUT2D eigenvalue weighted by molar-refractivity contribution is 7.89. The summed E-state index contributed by atoms with van der Waals surface area (Å²) in [6.07, 6.45) is 5.48. The second kappa shape index (κ2) is 45.8. The average Bonchev–Trinajstić information content (AvgIpc) is 1.60. The van der Waals surface area contributed by atoms with Crippen LogP contribution in [0.15, 0.2) is 147 Å². The number of benzene rings is 5. The number of nitrogens with zero attached hydrogens (tertiary/aromatic N) is 9. The molecular weight excluding hydrogens is 1910 g/mol. The van der Waals surface area contributed by atoms with Crippen molar-refractivity contribution in [2.45, 2.75) is 202 Å². The van der Waals surface area contributed by atoms with Gasteiger partial charge in [0.25, 0.3) is 0 Å². The van der Waals surface area contributed by atoms with E-state index in [1.165, 1.54) is 61.7 Å². The van der Waals surface area contributed by atoms with Crippen molar-refractivity contribution in [2.75, 3.05) is 176 Å². The van der Waals surface area contributed by atoms with Crippen LogP contribution in [0, 0.1) is 70.0 Å². The van der Waals surface area contributed by atoms with Gasteiger partial charge in [-0.25, -0.2) is 69.2 Å². The summed E-state index contributed by atoms with van der Waals surface area (Å²) in [5, 5.41) is 2.97. The van der Waals surface area contributed by atoms with Crippen LogP contribution in [-0.2, 0) is 58.5 Å². The number of amides is 1. The van der Waals surface area contributed by atoms with Gasteiger partial charge in [0.2, 0.25) is 36.0 Å². The van der Waals surface area contributed by atoms with Gasteiger partial charge in [-0.2, -0.15) is 12.9 Å². The van der Waals surface area contributed by atoms with Crippen LogP contribution in [0.4, 0.5) is 43.9 Å². The van der Waals surface area contributed by atoms with Gasteiger partial charge in [0.1, 0.15) is 88.7 Å². The molecule has 142 heavy (non-hydrogen) atoms. The molecule has 15 heterocycles. The van der Waals surface area contributed by atoms with Crippen molar-refractivity contribution in [1.29, 1.82) is 0 Å². The molecule has 0 unspecified atom stereocenters. The largest absolute Gasteiger partial charge is 0.370 e. The molecule has 15 aliphatic heterocycles. The van der Waals surface area contributed by atoms with Gasteiger partial charge in [-0.05, 0) is 203 Å². The fourth-order valence-electron chi connectivity index (χ4n) is 22.9. The molecule has 0 spiro atoms. The van der Waals surface area contributed by atoms with Crippen LogP contribution in [0.25, 0.3) is 0 Å². The number of nitrogens with two attached hydrogens (primary N) is 5. The maximum Gasteiger partial charge on any atom is 0.225 e. The van der Waals surface area contributed by atoms with Crippen molar-refractivity contribution < 1.29 is 97.6 Å². The Labute approximate surface area is 827 Å². The van der Waals surface area contributed by atoms with Crippen LogP contribution in [0.1, 0.15) is 164 Å². The minimum Gasteiger partial charge on any atom is -0.370 e. The Kier molecular flexibility index (Phi) is 34.6. The molecule has 0 saturated carbocycles. The zero-order valence-corrected chi connectivity index (χ0v) is 84.3. The molecule has 15 aliphatic rings. The van der Waals surface area contributed by atoms with Gasteiger partial charge in [-0.3, -0.25) is 29.3 Å². The van der Waals surface area contributed by atoms with Crippen molar-refractivity contribution >= 4 is 36.0 Å². The van der Waals surface area contributed by atoms with Gasteiger partial charge in [0, 0.05) is 225 Å². The Morgan fingerprint density at radius 2 is 0.620 bits per heavy atom. The Balaban J connectivity index is 0.000000128. The third-order valence-electron chi connectivity index (χ3n) is 30.7. The number of rotatable bonds is 17. The molecule has 11 N–H and O–H groups in total. The Morgan fingerprint density at radius 1 is 0.345 bits per heavy atom. The van der Waals surface area contributed by atoms with E-state index in [-0.39, 0.29) is 87.6 Å². The number of ether oxygens (including phenoxy) is 5. The zero-order valence-electron chi connectivity index (χ0n) is 81.8. The third-order valence-corrected chi connectivity index (χ3v) is 36.3. The van der Waals surface area contributed by atoms with Crippen LogP contribution in [0.5, 0.6) is 0 Å². The average molecular weight is 2050 g/mol. The van der Waals surface area contributed by atoms with Crippen molar-refractivity contribution in [3.05, 3.63) is 233 Å². The first-order chi connectivity index (χ1) is 67.5. The lowest BCUT2D eigenvalue weighted by atomic mass is 9.92. The molecule has 40 heteroatoms. The molecule has 5 fully saturated rings. The predicted octanol–water partition coefficient (Wildman–Crippen LogP) is 10.4. The third kappa shape index (κ3) is 25.1. The number of hydrogen-bond acceptors (Lipinski definition) is 23. The molecule has 780 valence electrons. The lowest BCUT2D eigenvalue weighted by Crippen LogP contribution is -2.51. The summed E-state index contributed by atoms with van der Waals surface area (Å²) < 4.78 is 246. The molecule has 0 aliphatic carbocycles.